The Kier molecular flexibility index (Phi) is 4.17. The van der Waals surface area contributed by atoms with Gasteiger partial charge in [-0.3, -0.25) is 9.69 Å². The molecule has 2 unspecified atom stereocenters. The number of carbonyl (C=O) groups excluding carboxylic acids is 1. The molecule has 0 bridgehead atoms. The van der Waals surface area contributed by atoms with E-state index in [1.165, 1.54) is 24.8 Å². The molecule has 2 aliphatic rings. The van der Waals surface area contributed by atoms with E-state index in [1.54, 1.807) is 0 Å². The highest BCUT2D eigenvalue weighted by atomic mass is 16.1. The van der Waals surface area contributed by atoms with Gasteiger partial charge in [-0.25, -0.2) is 0 Å². The van der Waals surface area contributed by atoms with Crippen LogP contribution in [0.5, 0.6) is 0 Å². The molecule has 0 N–H and O–H groups in total. The monoisotopic (exact) mass is 285 g/mol. The van der Waals surface area contributed by atoms with Gasteiger partial charge in [0.2, 0.25) is 0 Å². The molecule has 2 fully saturated rings. The van der Waals surface area contributed by atoms with Gasteiger partial charge < -0.3 is 0 Å². The molecule has 2 nitrogen and oxygen atoms in total. The molecular weight excluding hydrogens is 258 g/mol. The lowest BCUT2D eigenvalue weighted by Gasteiger charge is -2.51. The first-order valence-corrected chi connectivity index (χ1v) is 8.50. The summed E-state index contributed by atoms with van der Waals surface area (Å²) in [7, 11) is 0. The van der Waals surface area contributed by atoms with Gasteiger partial charge >= 0.3 is 0 Å². The number of piperidine rings is 1. The number of likely N-dealkylation sites (tertiary alicyclic amines) is 1. The van der Waals surface area contributed by atoms with Crippen LogP contribution in [0, 0.1) is 5.92 Å². The molecule has 1 aromatic carbocycles. The first-order valence-electron chi connectivity index (χ1n) is 8.50. The molecule has 3 atom stereocenters. The fourth-order valence-corrected chi connectivity index (χ4v) is 4.48. The third-order valence-electron chi connectivity index (χ3n) is 5.53. The van der Waals surface area contributed by atoms with Gasteiger partial charge in [-0.15, -0.1) is 0 Å². The van der Waals surface area contributed by atoms with E-state index in [2.05, 4.69) is 43.0 Å². The Morgan fingerprint density at radius 3 is 2.57 bits per heavy atom. The molecule has 0 spiro atoms. The molecule has 21 heavy (non-hydrogen) atoms. The summed E-state index contributed by atoms with van der Waals surface area (Å²) in [5.74, 6) is 1.23. The highest BCUT2D eigenvalue weighted by molar-refractivity contribution is 5.90. The Morgan fingerprint density at radius 1 is 1.14 bits per heavy atom. The molecule has 0 amide bonds. The minimum atomic E-state index is -0.348. The molecule has 1 saturated heterocycles. The van der Waals surface area contributed by atoms with Crippen molar-refractivity contribution < 1.29 is 4.79 Å². The lowest BCUT2D eigenvalue weighted by Crippen LogP contribution is -2.58. The number of benzene rings is 1. The maximum Gasteiger partial charge on any atom is 0.157 e. The third kappa shape index (κ3) is 2.55. The largest absolute Gasteiger partial charge is 0.297 e. The van der Waals surface area contributed by atoms with E-state index in [-0.39, 0.29) is 5.54 Å². The van der Waals surface area contributed by atoms with Gasteiger partial charge in [0, 0.05) is 12.5 Å². The van der Waals surface area contributed by atoms with Crippen LogP contribution < -0.4 is 0 Å². The molecule has 1 aromatic rings. The predicted molar refractivity (Wildman–Crippen MR) is 86.2 cm³/mol. The summed E-state index contributed by atoms with van der Waals surface area (Å²) in [6, 6.07) is 11.0. The molecule has 3 rings (SSSR count). The van der Waals surface area contributed by atoms with Crippen molar-refractivity contribution in [3.05, 3.63) is 35.9 Å². The van der Waals surface area contributed by atoms with Crippen molar-refractivity contribution >= 4 is 5.78 Å². The van der Waals surface area contributed by atoms with Crippen molar-refractivity contribution in [2.75, 3.05) is 6.54 Å². The maximum atomic E-state index is 13.0. The summed E-state index contributed by atoms with van der Waals surface area (Å²) < 4.78 is 0. The summed E-state index contributed by atoms with van der Waals surface area (Å²) in [6.45, 7) is 5.71. The van der Waals surface area contributed by atoms with E-state index in [0.717, 1.165) is 31.7 Å². The number of carbonyl (C=O) groups is 1. The Balaban J connectivity index is 2.02. The van der Waals surface area contributed by atoms with Crippen LogP contribution in [0.3, 0.4) is 0 Å². The van der Waals surface area contributed by atoms with Gasteiger partial charge in [-0.05, 0) is 50.6 Å². The third-order valence-corrected chi connectivity index (χ3v) is 5.53. The zero-order valence-electron chi connectivity index (χ0n) is 13.3. The van der Waals surface area contributed by atoms with Gasteiger partial charge in [0.15, 0.2) is 5.78 Å². The normalized spacial score (nSPS) is 34.9. The summed E-state index contributed by atoms with van der Waals surface area (Å²) >= 11 is 0. The second kappa shape index (κ2) is 5.92. The van der Waals surface area contributed by atoms with Gasteiger partial charge in [-0.2, -0.15) is 0 Å². The summed E-state index contributed by atoms with van der Waals surface area (Å²) in [6.07, 6.45) is 6.39. The zero-order chi connectivity index (χ0) is 14.9. The van der Waals surface area contributed by atoms with Gasteiger partial charge in [0.05, 0.1) is 0 Å². The van der Waals surface area contributed by atoms with Gasteiger partial charge in [0.25, 0.3) is 0 Å². The Hall–Kier alpha value is -1.15. The molecule has 0 aromatic heterocycles. The standard InChI is InChI=1S/C19H27NO/c1-15-11-13-20(16(2)14-15)19(12-7-6-10-18(19)21)17-8-4-3-5-9-17/h3-5,8-9,15-16H,6-7,10-14H2,1-2H3/t15?,16?,19-/m0/s1. The van der Waals surface area contributed by atoms with E-state index < -0.39 is 0 Å². The predicted octanol–water partition coefficient (Wildman–Crippen LogP) is 4.15. The average Bonchev–Trinajstić information content (AvgIpc) is 2.49. The van der Waals surface area contributed by atoms with Crippen molar-refractivity contribution in [2.24, 2.45) is 5.92 Å². The van der Waals surface area contributed by atoms with E-state index in [9.17, 15) is 4.79 Å². The van der Waals surface area contributed by atoms with Crippen LogP contribution in [-0.2, 0) is 10.3 Å². The summed E-state index contributed by atoms with van der Waals surface area (Å²) in [5, 5.41) is 0. The highest BCUT2D eigenvalue weighted by Gasteiger charge is 2.48. The molecule has 1 heterocycles. The fraction of sp³-hybridized carbons (Fsp3) is 0.632. The van der Waals surface area contributed by atoms with Crippen molar-refractivity contribution in [2.45, 2.75) is 64.0 Å². The Morgan fingerprint density at radius 2 is 1.90 bits per heavy atom. The minimum Gasteiger partial charge on any atom is -0.297 e. The zero-order valence-corrected chi connectivity index (χ0v) is 13.3. The molecule has 1 aliphatic carbocycles. The van der Waals surface area contributed by atoms with Gasteiger partial charge in [0.1, 0.15) is 5.54 Å². The molecule has 0 radical (unpaired) electrons. The second-order valence-corrected chi connectivity index (χ2v) is 7.03. The lowest BCUT2D eigenvalue weighted by molar-refractivity contribution is -0.139. The number of hydrogen-bond acceptors (Lipinski definition) is 2. The highest BCUT2D eigenvalue weighted by Crippen LogP contribution is 2.43. The van der Waals surface area contributed by atoms with E-state index in [1.807, 2.05) is 6.07 Å². The number of nitrogens with zero attached hydrogens (tertiary/aromatic N) is 1. The van der Waals surface area contributed by atoms with Crippen LogP contribution in [0.25, 0.3) is 0 Å². The molecular formula is C19H27NO. The van der Waals surface area contributed by atoms with Crippen LogP contribution in [0.15, 0.2) is 30.3 Å². The van der Waals surface area contributed by atoms with E-state index in [0.29, 0.717) is 11.8 Å². The number of ketones is 1. The van der Waals surface area contributed by atoms with Crippen LogP contribution in [-0.4, -0.2) is 23.3 Å². The first kappa shape index (κ1) is 14.8. The van der Waals surface area contributed by atoms with Crippen LogP contribution in [0.1, 0.15) is 57.9 Å². The smallest absolute Gasteiger partial charge is 0.157 e. The fourth-order valence-electron chi connectivity index (χ4n) is 4.48. The van der Waals surface area contributed by atoms with Crippen LogP contribution in [0.4, 0.5) is 0 Å². The van der Waals surface area contributed by atoms with Crippen LogP contribution >= 0.6 is 0 Å². The quantitative estimate of drug-likeness (QED) is 0.813. The minimum absolute atomic E-state index is 0.348. The maximum absolute atomic E-state index is 13.0. The van der Waals surface area contributed by atoms with Crippen molar-refractivity contribution in [1.29, 1.82) is 0 Å². The number of rotatable bonds is 2. The SMILES string of the molecule is CC1CCN([C@]2(c3ccccc3)CCCCC2=O)C(C)C1. The first-order chi connectivity index (χ1) is 10.1. The number of Topliss-reactive ketones (excluding diaryl/α,β-unsaturated/α-hetero) is 1. The summed E-state index contributed by atoms with van der Waals surface area (Å²) in [4.78, 5) is 15.5. The molecule has 1 aliphatic heterocycles. The Bertz CT molecular complexity index is 498. The topological polar surface area (TPSA) is 20.3 Å². The van der Waals surface area contributed by atoms with Crippen molar-refractivity contribution in [1.82, 2.24) is 4.90 Å². The van der Waals surface area contributed by atoms with Crippen molar-refractivity contribution in [3.8, 4) is 0 Å². The van der Waals surface area contributed by atoms with E-state index in [4.69, 9.17) is 0 Å². The Labute approximate surface area is 128 Å². The van der Waals surface area contributed by atoms with E-state index >= 15 is 0 Å². The van der Waals surface area contributed by atoms with Crippen molar-refractivity contribution in [3.63, 3.8) is 0 Å². The molecule has 1 saturated carbocycles. The second-order valence-electron chi connectivity index (χ2n) is 7.03. The number of hydrogen-bond donors (Lipinski definition) is 0. The van der Waals surface area contributed by atoms with Gasteiger partial charge in [-0.1, -0.05) is 43.7 Å². The summed E-state index contributed by atoms with van der Waals surface area (Å²) in [5.41, 5.74) is 0.870. The molecule has 2 heteroatoms. The average molecular weight is 285 g/mol. The van der Waals surface area contributed by atoms with Crippen LogP contribution in [0.2, 0.25) is 0 Å². The lowest BCUT2D eigenvalue weighted by atomic mass is 9.72. The molecule has 114 valence electrons.